The molecule has 40 heavy (non-hydrogen) atoms. The molecule has 0 saturated carbocycles. The lowest BCUT2D eigenvalue weighted by Gasteiger charge is -2.16. The van der Waals surface area contributed by atoms with Gasteiger partial charge in [-0.1, -0.05) is 32.9 Å². The molecule has 0 unspecified atom stereocenters. The van der Waals surface area contributed by atoms with E-state index in [0.717, 1.165) is 16.8 Å². The summed E-state index contributed by atoms with van der Waals surface area (Å²) >= 11 is 1.31. The van der Waals surface area contributed by atoms with Crippen LogP contribution in [0, 0.1) is 0 Å². The number of aromatic nitrogens is 6. The van der Waals surface area contributed by atoms with Crippen molar-refractivity contribution in [1.29, 1.82) is 0 Å². The van der Waals surface area contributed by atoms with Crippen LogP contribution in [0.2, 0.25) is 0 Å². The smallest absolute Gasteiger partial charge is 0.324 e. The molecule has 4 aromatic heterocycles. The number of nitrogens with one attached hydrogen (secondary N) is 3. The summed E-state index contributed by atoms with van der Waals surface area (Å²) in [5.74, 6) is 0.964. The van der Waals surface area contributed by atoms with E-state index in [1.54, 1.807) is 53.0 Å². The Morgan fingerprint density at radius 1 is 1.07 bits per heavy atom. The third-order valence-electron chi connectivity index (χ3n) is 6.33. The van der Waals surface area contributed by atoms with Gasteiger partial charge in [0.1, 0.15) is 11.5 Å². The first-order valence-electron chi connectivity index (χ1n) is 12.8. The van der Waals surface area contributed by atoms with Crippen LogP contribution in [0.3, 0.4) is 0 Å². The molecule has 0 spiro atoms. The second kappa shape index (κ2) is 10.5. The number of fused-ring (bicyclic) bond motifs is 1. The fourth-order valence-electron chi connectivity index (χ4n) is 4.31. The average Bonchev–Trinajstić information content (AvgIpc) is 3.58. The van der Waals surface area contributed by atoms with Gasteiger partial charge in [0.15, 0.2) is 0 Å². The molecule has 12 heteroatoms. The molecule has 2 amide bonds. The monoisotopic (exact) mass is 557 g/mol. The number of carbonyl (C=O) groups excluding carboxylic acids is 1. The van der Waals surface area contributed by atoms with Gasteiger partial charge in [0.25, 0.3) is 5.56 Å². The lowest BCUT2D eigenvalue weighted by atomic mass is 9.92. The third-order valence-corrected chi connectivity index (χ3v) is 6.90. The molecule has 0 saturated heterocycles. The number of amides is 2. The number of nitrogens with zero attached hydrogens (tertiary/aromatic N) is 6. The van der Waals surface area contributed by atoms with Gasteiger partial charge in [-0.05, 0) is 49.1 Å². The Hall–Kier alpha value is -4.58. The highest BCUT2D eigenvalue weighted by Crippen LogP contribution is 2.28. The van der Waals surface area contributed by atoms with Crippen molar-refractivity contribution in [2.45, 2.75) is 46.1 Å². The molecule has 0 aliphatic heterocycles. The molecule has 3 N–H and O–H groups in total. The van der Waals surface area contributed by atoms with Crippen LogP contribution < -0.4 is 21.5 Å². The summed E-state index contributed by atoms with van der Waals surface area (Å²) in [4.78, 5) is 35.5. The minimum absolute atomic E-state index is 0.122. The minimum atomic E-state index is -0.437. The largest absolute Gasteiger partial charge is 0.357 e. The predicted molar refractivity (Wildman–Crippen MR) is 160 cm³/mol. The fraction of sp³-hybridized carbons (Fsp3) is 0.286. The van der Waals surface area contributed by atoms with E-state index in [1.807, 2.05) is 31.4 Å². The molecule has 5 rings (SSSR count). The summed E-state index contributed by atoms with van der Waals surface area (Å²) in [6.07, 6.45) is 3.40. The van der Waals surface area contributed by atoms with Gasteiger partial charge in [0, 0.05) is 52.8 Å². The second-order valence-electron chi connectivity index (χ2n) is 10.7. The van der Waals surface area contributed by atoms with E-state index < -0.39 is 6.03 Å². The molecule has 1 aromatic carbocycles. The highest BCUT2D eigenvalue weighted by atomic mass is 32.1. The van der Waals surface area contributed by atoms with Crippen LogP contribution in [0.5, 0.6) is 0 Å². The van der Waals surface area contributed by atoms with E-state index in [1.165, 1.54) is 11.5 Å². The quantitative estimate of drug-likeness (QED) is 0.245. The molecular formula is C28H31N9O2S. The van der Waals surface area contributed by atoms with E-state index >= 15 is 0 Å². The molecule has 11 nitrogen and oxygen atoms in total. The molecular weight excluding hydrogens is 526 g/mol. The van der Waals surface area contributed by atoms with Gasteiger partial charge in [-0.25, -0.2) is 14.5 Å². The highest BCUT2D eigenvalue weighted by Gasteiger charge is 2.22. The van der Waals surface area contributed by atoms with Gasteiger partial charge < -0.3 is 10.6 Å². The minimum Gasteiger partial charge on any atom is -0.357 e. The highest BCUT2D eigenvalue weighted by molar-refractivity contribution is 7.03. The van der Waals surface area contributed by atoms with Crippen molar-refractivity contribution in [3.05, 3.63) is 70.2 Å². The Balaban J connectivity index is 1.46. The zero-order chi connectivity index (χ0) is 28.6. The maximum atomic E-state index is 13.6. The Bertz CT molecular complexity index is 1750. The van der Waals surface area contributed by atoms with Crippen LogP contribution in [0.15, 0.2) is 59.0 Å². The first-order chi connectivity index (χ1) is 19.0. The predicted octanol–water partition coefficient (Wildman–Crippen LogP) is 5.66. The van der Waals surface area contributed by atoms with Gasteiger partial charge in [0.05, 0.1) is 17.6 Å². The number of anilines is 3. The molecule has 0 fully saturated rings. The maximum Gasteiger partial charge on any atom is 0.324 e. The van der Waals surface area contributed by atoms with E-state index in [0.29, 0.717) is 34.2 Å². The SMILES string of the molecule is CNc1ncc2cc(-c3cccc(NC(=O)Nc4cc(C(C)(C)C)nn4-c4cnsc4)c3)c(=O)n(C(C)C)c2n1. The number of benzene rings is 1. The Kier molecular flexibility index (Phi) is 7.11. The summed E-state index contributed by atoms with van der Waals surface area (Å²) in [5.41, 5.74) is 3.47. The molecule has 0 atom stereocenters. The topological polar surface area (TPSA) is 132 Å². The van der Waals surface area contributed by atoms with Crippen molar-refractivity contribution in [3.8, 4) is 16.8 Å². The average molecular weight is 558 g/mol. The first kappa shape index (κ1) is 27.0. The standard InChI is InChI=1S/C28H31N9O2S/c1-16(2)36-24-18(13-30-26(29-6)34-24)11-21(25(36)38)17-8-7-9-19(10-17)32-27(39)33-23-12-22(28(3,4)5)35-37(23)20-14-31-40-15-20/h7-16H,1-6H3,(H,29,30,34)(H2,32,33,39). The van der Waals surface area contributed by atoms with Crippen molar-refractivity contribution >= 4 is 46.1 Å². The second-order valence-corrected chi connectivity index (χ2v) is 11.3. The van der Waals surface area contributed by atoms with Crippen molar-refractivity contribution in [1.82, 2.24) is 28.7 Å². The third kappa shape index (κ3) is 5.30. The van der Waals surface area contributed by atoms with Crippen LogP contribution in [0.25, 0.3) is 27.8 Å². The van der Waals surface area contributed by atoms with E-state index in [9.17, 15) is 9.59 Å². The normalized spacial score (nSPS) is 11.7. The number of pyridine rings is 1. The number of rotatable bonds is 6. The zero-order valence-electron chi connectivity index (χ0n) is 23.2. The molecule has 206 valence electrons. The lowest BCUT2D eigenvalue weighted by molar-refractivity contribution is 0.262. The number of urea groups is 1. The summed E-state index contributed by atoms with van der Waals surface area (Å²) < 4.78 is 7.49. The fourth-order valence-corrected chi connectivity index (χ4v) is 4.81. The van der Waals surface area contributed by atoms with Crippen molar-refractivity contribution in [3.63, 3.8) is 0 Å². The van der Waals surface area contributed by atoms with Crippen LogP contribution in [0.4, 0.5) is 22.2 Å². The maximum absolute atomic E-state index is 13.6. The lowest BCUT2D eigenvalue weighted by Crippen LogP contribution is -2.25. The summed E-state index contributed by atoms with van der Waals surface area (Å²) in [5, 5.41) is 16.0. The Labute approximate surface area is 235 Å². The number of hydrogen-bond acceptors (Lipinski definition) is 8. The number of hydrogen-bond donors (Lipinski definition) is 3. The first-order valence-corrected chi connectivity index (χ1v) is 13.7. The Morgan fingerprint density at radius 2 is 1.88 bits per heavy atom. The van der Waals surface area contributed by atoms with Crippen molar-refractivity contribution in [2.24, 2.45) is 0 Å². The molecule has 0 aliphatic rings. The van der Waals surface area contributed by atoms with Gasteiger partial charge in [-0.3, -0.25) is 14.7 Å². The summed E-state index contributed by atoms with van der Waals surface area (Å²) in [6, 6.07) is 10.3. The molecule has 0 bridgehead atoms. The van der Waals surface area contributed by atoms with Crippen LogP contribution in [-0.4, -0.2) is 41.8 Å². The molecule has 0 aliphatic carbocycles. The van der Waals surface area contributed by atoms with Gasteiger partial charge >= 0.3 is 6.03 Å². The molecule has 0 radical (unpaired) electrons. The van der Waals surface area contributed by atoms with E-state index in [-0.39, 0.29) is 17.0 Å². The van der Waals surface area contributed by atoms with Gasteiger partial charge in [0.2, 0.25) is 5.95 Å². The van der Waals surface area contributed by atoms with Gasteiger partial charge in [-0.15, -0.1) is 0 Å². The van der Waals surface area contributed by atoms with Crippen LogP contribution >= 0.6 is 11.5 Å². The van der Waals surface area contributed by atoms with Crippen LogP contribution in [0.1, 0.15) is 46.4 Å². The zero-order valence-corrected chi connectivity index (χ0v) is 24.0. The molecule has 5 aromatic rings. The van der Waals surface area contributed by atoms with Crippen LogP contribution in [-0.2, 0) is 5.41 Å². The molecule has 4 heterocycles. The number of carbonyl (C=O) groups is 1. The van der Waals surface area contributed by atoms with Crippen molar-refractivity contribution < 1.29 is 4.79 Å². The van der Waals surface area contributed by atoms with Crippen molar-refractivity contribution in [2.75, 3.05) is 23.0 Å². The van der Waals surface area contributed by atoms with Gasteiger partial charge in [-0.2, -0.15) is 14.5 Å². The van der Waals surface area contributed by atoms with E-state index in [4.69, 9.17) is 5.10 Å². The Morgan fingerprint density at radius 3 is 2.55 bits per heavy atom. The summed E-state index contributed by atoms with van der Waals surface area (Å²) in [6.45, 7) is 10.1. The summed E-state index contributed by atoms with van der Waals surface area (Å²) in [7, 11) is 1.73. The van der Waals surface area contributed by atoms with E-state index in [2.05, 4.69) is 51.1 Å².